The number of nitrogens with zero attached hydrogens (tertiary/aromatic N) is 2. The van der Waals surface area contributed by atoms with Crippen molar-refractivity contribution in [3.63, 3.8) is 0 Å². The highest BCUT2D eigenvalue weighted by atomic mass is 19.3. The van der Waals surface area contributed by atoms with E-state index >= 15 is 0 Å². The number of ether oxygens (including phenoxy) is 2. The van der Waals surface area contributed by atoms with Crippen LogP contribution < -0.4 is 20.1 Å². The van der Waals surface area contributed by atoms with Crippen LogP contribution in [-0.2, 0) is 15.1 Å². The van der Waals surface area contributed by atoms with Crippen molar-refractivity contribution in [1.29, 1.82) is 0 Å². The standard InChI is InChI=1S/C26H28F2N4O6/c27-23(28)38-20-3-1-2-19(14-20)37-18-6-4-17(5-7-18)26(21(34)29-24(36)30-22(26)35)32-10-8-25(9-11-32)15-31(16-25)12-13-33/h1-7,14,23,33H,8-13,15-16H2,(H2,29,30,34,35,36). The molecular formula is C26H28F2N4O6. The average Bonchev–Trinajstić information content (AvgIpc) is 2.85. The van der Waals surface area contributed by atoms with Gasteiger partial charge in [-0.05, 0) is 48.1 Å². The zero-order chi connectivity index (χ0) is 26.9. The van der Waals surface area contributed by atoms with E-state index in [-0.39, 0.29) is 23.5 Å². The predicted octanol–water partition coefficient (Wildman–Crippen LogP) is 2.03. The Labute approximate surface area is 217 Å². The van der Waals surface area contributed by atoms with Gasteiger partial charge in [0.25, 0.3) is 11.8 Å². The summed E-state index contributed by atoms with van der Waals surface area (Å²) in [5.74, 6) is -0.878. The van der Waals surface area contributed by atoms with Gasteiger partial charge in [0.05, 0.1) is 6.61 Å². The fraction of sp³-hybridized carbons (Fsp3) is 0.423. The minimum atomic E-state index is -2.96. The maximum Gasteiger partial charge on any atom is 0.387 e. The summed E-state index contributed by atoms with van der Waals surface area (Å²) in [6.07, 6.45) is 1.53. The molecule has 4 amide bonds. The molecule has 0 radical (unpaired) electrons. The number of likely N-dealkylation sites (tertiary alicyclic amines) is 2. The van der Waals surface area contributed by atoms with Crippen molar-refractivity contribution in [3.8, 4) is 17.2 Å². The van der Waals surface area contributed by atoms with E-state index in [2.05, 4.69) is 20.3 Å². The van der Waals surface area contributed by atoms with E-state index in [1.807, 2.05) is 4.90 Å². The number of aliphatic hydroxyl groups excluding tert-OH is 1. The first-order valence-electron chi connectivity index (χ1n) is 12.3. The molecule has 10 nitrogen and oxygen atoms in total. The monoisotopic (exact) mass is 530 g/mol. The first-order valence-corrected chi connectivity index (χ1v) is 12.3. The number of rotatable bonds is 8. The minimum absolute atomic E-state index is 0.0536. The second-order valence-corrected chi connectivity index (χ2v) is 9.85. The first-order chi connectivity index (χ1) is 18.2. The Morgan fingerprint density at radius 1 is 0.921 bits per heavy atom. The number of hydrogen-bond acceptors (Lipinski definition) is 8. The van der Waals surface area contributed by atoms with Crippen molar-refractivity contribution < 1.29 is 37.7 Å². The highest BCUT2D eigenvalue weighted by Crippen LogP contribution is 2.44. The number of piperidine rings is 1. The molecule has 0 atom stereocenters. The molecule has 1 spiro atoms. The molecule has 202 valence electrons. The molecule has 3 heterocycles. The Kier molecular flexibility index (Phi) is 7.03. The van der Waals surface area contributed by atoms with Crippen molar-refractivity contribution in [1.82, 2.24) is 20.4 Å². The average molecular weight is 531 g/mol. The molecule has 2 aromatic carbocycles. The Hall–Kier alpha value is -3.61. The maximum absolute atomic E-state index is 13.3. The lowest BCUT2D eigenvalue weighted by Crippen LogP contribution is -2.73. The van der Waals surface area contributed by atoms with Crippen molar-refractivity contribution >= 4 is 17.8 Å². The summed E-state index contributed by atoms with van der Waals surface area (Å²) in [4.78, 5) is 42.6. The van der Waals surface area contributed by atoms with Crippen LogP contribution in [0.2, 0.25) is 0 Å². The normalized spacial score (nSPS) is 21.1. The number of alkyl halides is 2. The SMILES string of the molecule is O=C1NC(=O)C(c2ccc(Oc3cccc(OC(F)F)c3)cc2)(N2CCC3(CC2)CN(CCO)C3)C(=O)N1. The van der Waals surface area contributed by atoms with Crippen LogP contribution in [0.3, 0.4) is 0 Å². The summed E-state index contributed by atoms with van der Waals surface area (Å²) >= 11 is 0. The Morgan fingerprint density at radius 2 is 1.55 bits per heavy atom. The quantitative estimate of drug-likeness (QED) is 0.444. The molecule has 3 N–H and O–H groups in total. The molecule has 3 aliphatic rings. The van der Waals surface area contributed by atoms with E-state index in [1.165, 1.54) is 18.2 Å². The van der Waals surface area contributed by atoms with Gasteiger partial charge in [-0.25, -0.2) is 4.79 Å². The first kappa shape index (κ1) is 26.0. The number of carbonyl (C=O) groups excluding carboxylic acids is 3. The van der Waals surface area contributed by atoms with E-state index < -0.39 is 30.0 Å². The largest absolute Gasteiger partial charge is 0.457 e. The summed E-state index contributed by atoms with van der Waals surface area (Å²) in [6, 6.07) is 11.2. The third-order valence-corrected chi connectivity index (χ3v) is 7.48. The molecule has 0 bridgehead atoms. The molecule has 5 rings (SSSR count). The Balaban J connectivity index is 1.37. The van der Waals surface area contributed by atoms with Gasteiger partial charge in [-0.15, -0.1) is 0 Å². The van der Waals surface area contributed by atoms with Gasteiger partial charge in [0.15, 0.2) is 0 Å². The summed E-state index contributed by atoms with van der Waals surface area (Å²) in [6.45, 7) is 0.429. The summed E-state index contributed by atoms with van der Waals surface area (Å²) < 4.78 is 35.2. The topological polar surface area (TPSA) is 120 Å². The number of urea groups is 1. The van der Waals surface area contributed by atoms with E-state index in [0.29, 0.717) is 30.9 Å². The third-order valence-electron chi connectivity index (χ3n) is 7.48. The van der Waals surface area contributed by atoms with Crippen LogP contribution in [0.15, 0.2) is 48.5 Å². The van der Waals surface area contributed by atoms with Gasteiger partial charge in [-0.3, -0.25) is 30.0 Å². The van der Waals surface area contributed by atoms with E-state index in [1.54, 1.807) is 30.3 Å². The highest BCUT2D eigenvalue weighted by Gasteiger charge is 2.58. The van der Waals surface area contributed by atoms with Crippen LogP contribution in [0.25, 0.3) is 0 Å². The van der Waals surface area contributed by atoms with Gasteiger partial charge < -0.3 is 14.6 Å². The van der Waals surface area contributed by atoms with E-state index in [0.717, 1.165) is 25.9 Å². The van der Waals surface area contributed by atoms with Gasteiger partial charge in [-0.2, -0.15) is 8.78 Å². The van der Waals surface area contributed by atoms with Crippen molar-refractivity contribution in [2.75, 3.05) is 39.3 Å². The molecule has 0 saturated carbocycles. The van der Waals surface area contributed by atoms with Crippen LogP contribution >= 0.6 is 0 Å². The number of amides is 4. The number of hydrogen-bond donors (Lipinski definition) is 3. The molecule has 0 aromatic heterocycles. The minimum Gasteiger partial charge on any atom is -0.457 e. The lowest BCUT2D eigenvalue weighted by molar-refractivity contribution is -0.153. The van der Waals surface area contributed by atoms with Crippen LogP contribution in [-0.4, -0.2) is 78.7 Å². The Morgan fingerprint density at radius 3 is 2.16 bits per heavy atom. The fourth-order valence-corrected chi connectivity index (χ4v) is 5.70. The summed E-state index contributed by atoms with van der Waals surface area (Å²) in [5.41, 5.74) is -1.29. The number of imide groups is 2. The van der Waals surface area contributed by atoms with Gasteiger partial charge >= 0.3 is 12.6 Å². The molecule has 3 saturated heterocycles. The second-order valence-electron chi connectivity index (χ2n) is 9.85. The highest BCUT2D eigenvalue weighted by molar-refractivity contribution is 6.22. The predicted molar refractivity (Wildman–Crippen MR) is 130 cm³/mol. The number of barbiturate groups is 1. The molecule has 12 heteroatoms. The zero-order valence-electron chi connectivity index (χ0n) is 20.5. The van der Waals surface area contributed by atoms with Crippen LogP contribution in [0.1, 0.15) is 18.4 Å². The number of halogens is 2. The fourth-order valence-electron chi connectivity index (χ4n) is 5.70. The molecule has 3 aliphatic heterocycles. The van der Waals surface area contributed by atoms with Crippen molar-refractivity contribution in [2.45, 2.75) is 25.0 Å². The molecule has 0 unspecified atom stereocenters. The molecule has 2 aromatic rings. The number of benzene rings is 2. The lowest BCUT2D eigenvalue weighted by atomic mass is 9.70. The molecular weight excluding hydrogens is 502 g/mol. The summed E-state index contributed by atoms with van der Waals surface area (Å²) in [7, 11) is 0. The van der Waals surface area contributed by atoms with Gasteiger partial charge in [0.2, 0.25) is 5.54 Å². The van der Waals surface area contributed by atoms with E-state index in [4.69, 9.17) is 4.74 Å². The van der Waals surface area contributed by atoms with Gasteiger partial charge in [0, 0.05) is 38.8 Å². The lowest BCUT2D eigenvalue weighted by Gasteiger charge is -2.56. The molecule has 3 fully saturated rings. The second kappa shape index (κ2) is 10.3. The van der Waals surface area contributed by atoms with E-state index in [9.17, 15) is 28.3 Å². The molecule has 0 aliphatic carbocycles. The van der Waals surface area contributed by atoms with Crippen LogP contribution in [0.5, 0.6) is 17.2 Å². The number of nitrogens with one attached hydrogen (secondary N) is 2. The molecule has 38 heavy (non-hydrogen) atoms. The van der Waals surface area contributed by atoms with Crippen molar-refractivity contribution in [2.24, 2.45) is 5.41 Å². The van der Waals surface area contributed by atoms with Crippen molar-refractivity contribution in [3.05, 3.63) is 54.1 Å². The Bertz CT molecular complexity index is 1190. The number of aliphatic hydroxyl groups is 1. The number of β-amino-alcohol motifs (C(OH)–C–C–N with tert-alkyl or cyclic N) is 1. The number of carbonyl (C=O) groups is 3. The van der Waals surface area contributed by atoms with Crippen LogP contribution in [0, 0.1) is 5.41 Å². The smallest absolute Gasteiger partial charge is 0.387 e. The zero-order valence-corrected chi connectivity index (χ0v) is 20.5. The maximum atomic E-state index is 13.3. The van der Waals surface area contributed by atoms with Gasteiger partial charge in [0.1, 0.15) is 17.2 Å². The third kappa shape index (κ3) is 4.82. The summed E-state index contributed by atoms with van der Waals surface area (Å²) in [5, 5.41) is 13.7. The van der Waals surface area contributed by atoms with Gasteiger partial charge in [-0.1, -0.05) is 18.2 Å². The van der Waals surface area contributed by atoms with Crippen LogP contribution in [0.4, 0.5) is 13.6 Å².